The highest BCUT2D eigenvalue weighted by Crippen LogP contribution is 2.19. The summed E-state index contributed by atoms with van der Waals surface area (Å²) in [6.45, 7) is 3.66. The summed E-state index contributed by atoms with van der Waals surface area (Å²) in [5.74, 6) is -0.348. The molecule has 0 saturated heterocycles. The molecule has 174 valence electrons. The zero-order chi connectivity index (χ0) is 24.1. The Balaban J connectivity index is 1.45. The number of nitrogens with one attached hydrogen (secondary N) is 2. The van der Waals surface area contributed by atoms with E-state index >= 15 is 0 Å². The molecule has 0 aliphatic rings. The van der Waals surface area contributed by atoms with Crippen LogP contribution in [0.5, 0.6) is 0 Å². The highest BCUT2D eigenvalue weighted by Gasteiger charge is 2.20. The Labute approximate surface area is 199 Å². The fourth-order valence-corrected chi connectivity index (χ4v) is 4.90. The zero-order valence-electron chi connectivity index (χ0n) is 18.9. The first-order chi connectivity index (χ1) is 16.3. The molecule has 0 radical (unpaired) electrons. The fraction of sp³-hybridized carbons (Fsp3) is 0.154. The zero-order valence-corrected chi connectivity index (χ0v) is 19.7. The SMILES string of the molecule is C[C@H](NS(=O)(=O)c1cccc(C(=O)N[C@H](C)c2ccc(-n3ccnc3)cc2)c1)c1ccccc1. The molecule has 0 aliphatic heterocycles. The number of hydrogen-bond donors (Lipinski definition) is 2. The number of aromatic nitrogens is 2. The van der Waals surface area contributed by atoms with Gasteiger partial charge in [0.2, 0.25) is 10.0 Å². The normalized spacial score (nSPS) is 13.2. The second-order valence-corrected chi connectivity index (χ2v) is 9.75. The molecule has 0 fully saturated rings. The van der Waals surface area contributed by atoms with Crippen LogP contribution in [0.3, 0.4) is 0 Å². The topological polar surface area (TPSA) is 93.1 Å². The van der Waals surface area contributed by atoms with Crippen LogP contribution in [0.4, 0.5) is 0 Å². The van der Waals surface area contributed by atoms with Crippen molar-refractivity contribution in [1.82, 2.24) is 19.6 Å². The molecule has 0 spiro atoms. The third kappa shape index (κ3) is 5.41. The highest BCUT2D eigenvalue weighted by atomic mass is 32.2. The van der Waals surface area contributed by atoms with Gasteiger partial charge in [-0.3, -0.25) is 4.79 Å². The van der Waals surface area contributed by atoms with Crippen LogP contribution in [-0.4, -0.2) is 23.9 Å². The highest BCUT2D eigenvalue weighted by molar-refractivity contribution is 7.89. The molecule has 8 heteroatoms. The summed E-state index contributed by atoms with van der Waals surface area (Å²) in [6, 6.07) is 22.5. The number of nitrogens with zero attached hydrogens (tertiary/aromatic N) is 2. The lowest BCUT2D eigenvalue weighted by Crippen LogP contribution is -2.28. The minimum absolute atomic E-state index is 0.0419. The van der Waals surface area contributed by atoms with Crippen molar-refractivity contribution in [1.29, 1.82) is 0 Å². The van der Waals surface area contributed by atoms with Gasteiger partial charge in [0.1, 0.15) is 0 Å². The van der Waals surface area contributed by atoms with Crippen LogP contribution in [-0.2, 0) is 10.0 Å². The molecule has 0 bridgehead atoms. The number of sulfonamides is 1. The molecular formula is C26H26N4O3S. The number of rotatable bonds is 8. The summed E-state index contributed by atoms with van der Waals surface area (Å²) in [5.41, 5.74) is 3.03. The molecule has 7 nitrogen and oxygen atoms in total. The Morgan fingerprint density at radius 2 is 1.59 bits per heavy atom. The van der Waals surface area contributed by atoms with Gasteiger partial charge in [0.05, 0.1) is 17.3 Å². The first-order valence-electron chi connectivity index (χ1n) is 10.9. The molecule has 1 amide bonds. The lowest BCUT2D eigenvalue weighted by Gasteiger charge is -2.17. The van der Waals surface area contributed by atoms with Crippen molar-refractivity contribution in [2.45, 2.75) is 30.8 Å². The molecule has 0 unspecified atom stereocenters. The van der Waals surface area contributed by atoms with Crippen LogP contribution in [0, 0.1) is 0 Å². The maximum atomic E-state index is 12.9. The average molecular weight is 475 g/mol. The average Bonchev–Trinajstić information content (AvgIpc) is 3.39. The lowest BCUT2D eigenvalue weighted by atomic mass is 10.1. The van der Waals surface area contributed by atoms with Crippen molar-refractivity contribution in [2.75, 3.05) is 0 Å². The number of carbonyl (C=O) groups excluding carboxylic acids is 1. The fourth-order valence-electron chi connectivity index (χ4n) is 3.63. The van der Waals surface area contributed by atoms with E-state index in [9.17, 15) is 13.2 Å². The van der Waals surface area contributed by atoms with Crippen molar-refractivity contribution in [3.8, 4) is 5.69 Å². The minimum Gasteiger partial charge on any atom is -0.346 e. The number of carbonyl (C=O) groups is 1. The number of benzene rings is 3. The monoisotopic (exact) mass is 474 g/mol. The Morgan fingerprint density at radius 3 is 2.26 bits per heavy atom. The van der Waals surface area contributed by atoms with E-state index in [1.165, 1.54) is 12.1 Å². The molecule has 1 heterocycles. The molecule has 4 rings (SSSR count). The van der Waals surface area contributed by atoms with Gasteiger partial charge < -0.3 is 9.88 Å². The van der Waals surface area contributed by atoms with Crippen LogP contribution in [0.25, 0.3) is 5.69 Å². The third-order valence-electron chi connectivity index (χ3n) is 5.58. The summed E-state index contributed by atoms with van der Waals surface area (Å²) < 4.78 is 30.4. The number of imidazole rings is 1. The molecule has 0 aliphatic carbocycles. The van der Waals surface area contributed by atoms with Crippen LogP contribution < -0.4 is 10.0 Å². The van der Waals surface area contributed by atoms with Gasteiger partial charge in [-0.25, -0.2) is 18.1 Å². The lowest BCUT2D eigenvalue weighted by molar-refractivity contribution is 0.0939. The molecule has 1 aromatic heterocycles. The molecule has 2 N–H and O–H groups in total. The van der Waals surface area contributed by atoms with Crippen molar-refractivity contribution in [3.05, 3.63) is 114 Å². The van der Waals surface area contributed by atoms with Crippen molar-refractivity contribution in [2.24, 2.45) is 0 Å². The molecule has 3 aromatic carbocycles. The minimum atomic E-state index is -3.81. The van der Waals surface area contributed by atoms with E-state index in [1.54, 1.807) is 31.6 Å². The molecule has 2 atom stereocenters. The van der Waals surface area contributed by atoms with E-state index in [4.69, 9.17) is 0 Å². The van der Waals surface area contributed by atoms with E-state index in [2.05, 4.69) is 15.0 Å². The molecule has 34 heavy (non-hydrogen) atoms. The third-order valence-corrected chi connectivity index (χ3v) is 7.12. The summed E-state index contributed by atoms with van der Waals surface area (Å²) in [7, 11) is -3.81. The van der Waals surface area contributed by atoms with Crippen LogP contribution in [0.15, 0.2) is 102 Å². The van der Waals surface area contributed by atoms with E-state index in [-0.39, 0.29) is 22.4 Å². The van der Waals surface area contributed by atoms with Crippen LogP contribution >= 0.6 is 0 Å². The Kier molecular flexibility index (Phi) is 6.90. The van der Waals surface area contributed by atoms with Gasteiger partial charge in [-0.05, 0) is 55.3 Å². The standard InChI is InChI=1S/C26H26N4O3S/c1-19(22-11-13-24(14-12-22)30-16-15-27-18-30)28-26(31)23-9-6-10-25(17-23)34(32,33)29-20(2)21-7-4-3-5-8-21/h3-20,29H,1-2H3,(H,28,31)/t19-,20+/m1/s1. The summed E-state index contributed by atoms with van der Waals surface area (Å²) >= 11 is 0. The molecular weight excluding hydrogens is 448 g/mol. The molecule has 4 aromatic rings. The Hall–Kier alpha value is -3.75. The van der Waals surface area contributed by atoms with Crippen molar-refractivity contribution >= 4 is 15.9 Å². The molecule has 0 saturated carbocycles. The predicted octanol–water partition coefficient (Wildman–Crippen LogP) is 4.40. The van der Waals surface area contributed by atoms with E-state index < -0.39 is 16.1 Å². The Morgan fingerprint density at radius 1 is 0.882 bits per heavy atom. The summed E-state index contributed by atoms with van der Waals surface area (Å²) in [6.07, 6.45) is 5.29. The van der Waals surface area contributed by atoms with Gasteiger partial charge in [-0.15, -0.1) is 0 Å². The summed E-state index contributed by atoms with van der Waals surface area (Å²) in [5, 5.41) is 2.94. The van der Waals surface area contributed by atoms with E-state index in [0.29, 0.717) is 0 Å². The first kappa shape index (κ1) is 23.4. The number of amides is 1. The predicted molar refractivity (Wildman–Crippen MR) is 131 cm³/mol. The first-order valence-corrected chi connectivity index (χ1v) is 12.4. The van der Waals surface area contributed by atoms with Crippen molar-refractivity contribution in [3.63, 3.8) is 0 Å². The van der Waals surface area contributed by atoms with Gasteiger partial charge in [-0.1, -0.05) is 48.5 Å². The van der Waals surface area contributed by atoms with Gasteiger partial charge >= 0.3 is 0 Å². The maximum absolute atomic E-state index is 12.9. The van der Waals surface area contributed by atoms with Crippen LogP contribution in [0.1, 0.15) is 47.4 Å². The quantitative estimate of drug-likeness (QED) is 0.396. The van der Waals surface area contributed by atoms with Gasteiger partial charge in [0.15, 0.2) is 0 Å². The van der Waals surface area contributed by atoms with Crippen LogP contribution in [0.2, 0.25) is 0 Å². The Bertz CT molecular complexity index is 1350. The number of hydrogen-bond acceptors (Lipinski definition) is 4. The van der Waals surface area contributed by atoms with Gasteiger partial charge in [-0.2, -0.15) is 0 Å². The smallest absolute Gasteiger partial charge is 0.251 e. The second kappa shape index (κ2) is 10.0. The van der Waals surface area contributed by atoms with Gasteiger partial charge in [0, 0.05) is 29.7 Å². The van der Waals surface area contributed by atoms with Gasteiger partial charge in [0.25, 0.3) is 5.91 Å². The van der Waals surface area contributed by atoms with E-state index in [0.717, 1.165) is 16.8 Å². The largest absolute Gasteiger partial charge is 0.346 e. The van der Waals surface area contributed by atoms with E-state index in [1.807, 2.05) is 72.3 Å². The second-order valence-electron chi connectivity index (χ2n) is 8.04. The van der Waals surface area contributed by atoms with Crippen molar-refractivity contribution < 1.29 is 13.2 Å². The maximum Gasteiger partial charge on any atom is 0.251 e. The summed E-state index contributed by atoms with van der Waals surface area (Å²) in [4.78, 5) is 17.0.